The quantitative estimate of drug-likeness (QED) is 0.253. The Balaban J connectivity index is 0.00000364. The summed E-state index contributed by atoms with van der Waals surface area (Å²) in [4.78, 5) is 2.04. The van der Waals surface area contributed by atoms with E-state index in [1.807, 2.05) is 17.0 Å². The van der Waals surface area contributed by atoms with Crippen LogP contribution in [0.3, 0.4) is 0 Å². The first-order valence-electron chi connectivity index (χ1n) is 7.71. The monoisotopic (exact) mass is 437 g/mol. The van der Waals surface area contributed by atoms with Crippen molar-refractivity contribution in [3.63, 3.8) is 0 Å². The van der Waals surface area contributed by atoms with E-state index in [0.29, 0.717) is 47.9 Å². The molecule has 9 nitrogen and oxygen atoms in total. The molecule has 27 heavy (non-hydrogen) atoms. The fourth-order valence-corrected chi connectivity index (χ4v) is 2.70. The van der Waals surface area contributed by atoms with E-state index in [9.17, 15) is 0 Å². The molecule has 0 aliphatic heterocycles. The number of nitrogens with one attached hydrogen (secondary N) is 1. The van der Waals surface area contributed by atoms with Crippen LogP contribution in [0.25, 0.3) is 0 Å². The molecule has 12 heteroatoms. The number of hydrogen-bond donors (Lipinski definition) is 2. The summed E-state index contributed by atoms with van der Waals surface area (Å²) in [5, 5.41) is 11.5. The summed E-state index contributed by atoms with van der Waals surface area (Å²) in [6, 6.07) is 3.69. The lowest BCUT2D eigenvalue weighted by Gasteiger charge is -2.26. The lowest BCUT2D eigenvalue weighted by molar-refractivity contribution is 0.402. The standard InChI is InChI=1S/C15H21Cl2N7O2.ClH/c1-25-13-8-12(23(5-3-16)6-4-17)14(26-2)7-11(13)9-19-21-15-22-20-10-24(15)18;/h7-10H,3-6,18H2,1-2H3,(H,21,22);1H. The summed E-state index contributed by atoms with van der Waals surface area (Å²) in [5.74, 6) is 8.13. The summed E-state index contributed by atoms with van der Waals surface area (Å²) >= 11 is 11.8. The van der Waals surface area contributed by atoms with Gasteiger partial charge in [0.2, 0.25) is 0 Å². The van der Waals surface area contributed by atoms with Crippen molar-refractivity contribution in [3.05, 3.63) is 24.0 Å². The van der Waals surface area contributed by atoms with Crippen molar-refractivity contribution in [1.29, 1.82) is 0 Å². The molecule has 2 rings (SSSR count). The van der Waals surface area contributed by atoms with Crippen molar-refractivity contribution < 1.29 is 9.47 Å². The number of nitrogens with two attached hydrogens (primary N) is 1. The number of hydrogen-bond acceptors (Lipinski definition) is 8. The second kappa shape index (κ2) is 11.6. The van der Waals surface area contributed by atoms with Crippen molar-refractivity contribution in [1.82, 2.24) is 14.9 Å². The Hall–Kier alpha value is -2.10. The number of aromatic nitrogens is 3. The van der Waals surface area contributed by atoms with E-state index in [1.54, 1.807) is 20.4 Å². The zero-order chi connectivity index (χ0) is 18.9. The van der Waals surface area contributed by atoms with Gasteiger partial charge >= 0.3 is 0 Å². The van der Waals surface area contributed by atoms with Crippen LogP contribution in [-0.2, 0) is 0 Å². The molecule has 1 aromatic carbocycles. The maximum Gasteiger partial charge on any atom is 0.263 e. The van der Waals surface area contributed by atoms with Crippen molar-refractivity contribution >= 4 is 53.5 Å². The topological polar surface area (TPSA) is 103 Å². The summed E-state index contributed by atoms with van der Waals surface area (Å²) in [5.41, 5.74) is 4.25. The number of hydrazone groups is 1. The van der Waals surface area contributed by atoms with Crippen molar-refractivity contribution in [3.8, 4) is 11.5 Å². The van der Waals surface area contributed by atoms with Gasteiger partial charge < -0.3 is 20.2 Å². The summed E-state index contributed by atoms with van der Waals surface area (Å²) in [6.07, 6.45) is 2.94. The third-order valence-corrected chi connectivity index (χ3v) is 3.86. The first-order chi connectivity index (χ1) is 12.6. The number of anilines is 2. The zero-order valence-corrected chi connectivity index (χ0v) is 17.3. The molecule has 0 unspecified atom stereocenters. The SMILES string of the molecule is COc1cc(N(CCCl)CCCl)c(OC)cc1C=NNc1nncn1N.Cl. The molecule has 150 valence electrons. The van der Waals surface area contributed by atoms with Crippen molar-refractivity contribution in [2.24, 2.45) is 5.10 Å². The van der Waals surface area contributed by atoms with Crippen LogP contribution in [0, 0.1) is 0 Å². The first-order valence-corrected chi connectivity index (χ1v) is 8.78. The van der Waals surface area contributed by atoms with Gasteiger partial charge in [-0.05, 0) is 6.07 Å². The molecule has 1 aromatic heterocycles. The molecule has 0 radical (unpaired) electrons. The van der Waals surface area contributed by atoms with Crippen molar-refractivity contribution in [2.45, 2.75) is 0 Å². The Morgan fingerprint density at radius 2 is 1.89 bits per heavy atom. The fourth-order valence-electron chi connectivity index (χ4n) is 2.29. The largest absolute Gasteiger partial charge is 0.496 e. The van der Waals surface area contributed by atoms with E-state index in [2.05, 4.69) is 20.7 Å². The molecule has 2 aromatic rings. The van der Waals surface area contributed by atoms with Crippen LogP contribution < -0.4 is 25.6 Å². The van der Waals surface area contributed by atoms with E-state index < -0.39 is 0 Å². The Morgan fingerprint density at radius 1 is 1.22 bits per heavy atom. The number of nitrogen functional groups attached to an aromatic ring is 1. The van der Waals surface area contributed by atoms with E-state index in [-0.39, 0.29) is 12.4 Å². The van der Waals surface area contributed by atoms with Crippen LogP contribution in [0.2, 0.25) is 0 Å². The van der Waals surface area contributed by atoms with Gasteiger partial charge in [0.25, 0.3) is 5.95 Å². The molecular weight excluding hydrogens is 417 g/mol. The first kappa shape index (κ1) is 22.9. The van der Waals surface area contributed by atoms with Crippen LogP contribution in [-0.4, -0.2) is 60.2 Å². The molecule has 0 bridgehead atoms. The van der Waals surface area contributed by atoms with Crippen LogP contribution in [0.4, 0.5) is 11.6 Å². The van der Waals surface area contributed by atoms with Gasteiger partial charge in [-0.1, -0.05) is 0 Å². The molecule has 0 atom stereocenters. The maximum atomic E-state index is 5.90. The number of methoxy groups -OCH3 is 2. The highest BCUT2D eigenvalue weighted by Crippen LogP contribution is 2.35. The molecule has 3 N–H and O–H groups in total. The van der Waals surface area contributed by atoms with Gasteiger partial charge in [0.05, 0.1) is 26.1 Å². The number of halogens is 3. The second-order valence-corrected chi connectivity index (χ2v) is 5.82. The van der Waals surface area contributed by atoms with Gasteiger partial charge in [-0.15, -0.1) is 45.8 Å². The second-order valence-electron chi connectivity index (χ2n) is 5.06. The van der Waals surface area contributed by atoms with Gasteiger partial charge in [0.1, 0.15) is 17.8 Å². The highest BCUT2D eigenvalue weighted by Gasteiger charge is 2.16. The van der Waals surface area contributed by atoms with Crippen LogP contribution >= 0.6 is 35.6 Å². The maximum absolute atomic E-state index is 5.90. The van der Waals surface area contributed by atoms with Gasteiger partial charge in [0.15, 0.2) is 0 Å². The highest BCUT2D eigenvalue weighted by molar-refractivity contribution is 6.18. The minimum Gasteiger partial charge on any atom is -0.496 e. The van der Waals surface area contributed by atoms with E-state index in [1.165, 1.54) is 11.0 Å². The Bertz CT molecular complexity index is 736. The lowest BCUT2D eigenvalue weighted by atomic mass is 10.1. The third kappa shape index (κ3) is 5.95. The van der Waals surface area contributed by atoms with Gasteiger partial charge in [-0.3, -0.25) is 0 Å². The average Bonchev–Trinajstić information content (AvgIpc) is 3.06. The molecule has 0 amide bonds. The van der Waals surface area contributed by atoms with Crippen molar-refractivity contribution in [2.75, 3.05) is 55.2 Å². The Labute approximate surface area is 173 Å². The molecule has 1 heterocycles. The minimum atomic E-state index is 0. The van der Waals surface area contributed by atoms with Crippen LogP contribution in [0.15, 0.2) is 23.6 Å². The Kier molecular flexibility index (Phi) is 9.84. The number of nitrogens with zero attached hydrogens (tertiary/aromatic N) is 5. The molecule has 0 aliphatic rings. The fraction of sp³-hybridized carbons (Fsp3) is 0.400. The van der Waals surface area contributed by atoms with Crippen LogP contribution in [0.5, 0.6) is 11.5 Å². The summed E-state index contributed by atoms with van der Waals surface area (Å²) in [7, 11) is 3.18. The molecule has 0 spiro atoms. The molecule has 0 fully saturated rings. The molecule has 0 aliphatic carbocycles. The average molecular weight is 439 g/mol. The zero-order valence-electron chi connectivity index (χ0n) is 14.9. The molecular formula is C15H22Cl3N7O2. The van der Waals surface area contributed by atoms with E-state index >= 15 is 0 Å². The number of ether oxygens (including phenoxy) is 2. The number of rotatable bonds is 10. The Morgan fingerprint density at radius 3 is 2.41 bits per heavy atom. The predicted octanol–water partition coefficient (Wildman–Crippen LogP) is 2.16. The highest BCUT2D eigenvalue weighted by atomic mass is 35.5. The smallest absolute Gasteiger partial charge is 0.263 e. The summed E-state index contributed by atoms with van der Waals surface area (Å²) in [6.45, 7) is 1.27. The van der Waals surface area contributed by atoms with E-state index in [4.69, 9.17) is 38.5 Å². The number of alkyl halides is 2. The normalized spacial score (nSPS) is 10.5. The molecule has 0 saturated heterocycles. The van der Waals surface area contributed by atoms with Gasteiger partial charge in [-0.2, -0.15) is 5.10 Å². The summed E-state index contributed by atoms with van der Waals surface area (Å²) < 4.78 is 12.2. The molecule has 0 saturated carbocycles. The van der Waals surface area contributed by atoms with Crippen LogP contribution in [0.1, 0.15) is 5.56 Å². The van der Waals surface area contributed by atoms with Gasteiger partial charge in [0, 0.05) is 36.5 Å². The number of benzene rings is 1. The van der Waals surface area contributed by atoms with E-state index in [0.717, 1.165) is 5.69 Å². The lowest BCUT2D eigenvalue weighted by Crippen LogP contribution is -2.28. The third-order valence-electron chi connectivity index (χ3n) is 3.52. The minimum absolute atomic E-state index is 0. The predicted molar refractivity (Wildman–Crippen MR) is 112 cm³/mol. The van der Waals surface area contributed by atoms with Gasteiger partial charge in [-0.25, -0.2) is 10.1 Å².